The van der Waals surface area contributed by atoms with E-state index in [0.29, 0.717) is 12.2 Å². The van der Waals surface area contributed by atoms with Crippen molar-refractivity contribution in [3.05, 3.63) is 41.6 Å². The maximum Gasteiger partial charge on any atom is 0.161 e. The summed E-state index contributed by atoms with van der Waals surface area (Å²) in [5.41, 5.74) is 3.17. The van der Waals surface area contributed by atoms with Crippen LogP contribution in [0, 0.1) is 0 Å². The SMILES string of the molecule is CCCN1CCC(=O)/C(=C/c2c[nH]c3ccccc23)C1. The van der Waals surface area contributed by atoms with Crippen molar-refractivity contribution in [2.75, 3.05) is 19.6 Å². The summed E-state index contributed by atoms with van der Waals surface area (Å²) >= 11 is 0. The minimum Gasteiger partial charge on any atom is -0.361 e. The summed E-state index contributed by atoms with van der Waals surface area (Å²) in [5.74, 6) is 0.294. The van der Waals surface area contributed by atoms with Crippen molar-refractivity contribution in [3.8, 4) is 0 Å². The second-order valence-corrected chi connectivity index (χ2v) is 5.41. The third-order valence-corrected chi connectivity index (χ3v) is 3.90. The first-order chi connectivity index (χ1) is 9.78. The van der Waals surface area contributed by atoms with Crippen LogP contribution in [0.4, 0.5) is 0 Å². The van der Waals surface area contributed by atoms with Gasteiger partial charge in [-0.25, -0.2) is 0 Å². The van der Waals surface area contributed by atoms with Crippen LogP contribution in [0.3, 0.4) is 0 Å². The van der Waals surface area contributed by atoms with Gasteiger partial charge < -0.3 is 4.98 Å². The Labute approximate surface area is 119 Å². The third kappa shape index (κ3) is 2.54. The van der Waals surface area contributed by atoms with Crippen molar-refractivity contribution in [2.45, 2.75) is 19.8 Å². The maximum absolute atomic E-state index is 12.1. The number of aromatic nitrogens is 1. The number of piperidine rings is 1. The number of hydrogen-bond acceptors (Lipinski definition) is 2. The standard InChI is InChI=1S/C17H20N2O/c1-2-8-19-9-7-17(20)14(12-19)10-13-11-18-16-6-4-3-5-15(13)16/h3-6,10-11,18H,2,7-9,12H2,1H3/b14-10+. The topological polar surface area (TPSA) is 36.1 Å². The van der Waals surface area contributed by atoms with E-state index in [1.807, 2.05) is 18.3 Å². The van der Waals surface area contributed by atoms with Crippen LogP contribution in [0.2, 0.25) is 0 Å². The van der Waals surface area contributed by atoms with E-state index >= 15 is 0 Å². The molecule has 20 heavy (non-hydrogen) atoms. The molecule has 0 saturated carbocycles. The van der Waals surface area contributed by atoms with E-state index in [1.165, 1.54) is 5.39 Å². The molecule has 1 aliphatic heterocycles. The number of hydrogen-bond donors (Lipinski definition) is 1. The number of aromatic amines is 1. The van der Waals surface area contributed by atoms with Gasteiger partial charge in [-0.15, -0.1) is 0 Å². The van der Waals surface area contributed by atoms with Gasteiger partial charge in [-0.3, -0.25) is 9.69 Å². The molecule has 1 aliphatic rings. The Morgan fingerprint density at radius 1 is 1.35 bits per heavy atom. The number of carbonyl (C=O) groups is 1. The van der Waals surface area contributed by atoms with Crippen molar-refractivity contribution in [1.29, 1.82) is 0 Å². The number of H-pyrrole nitrogens is 1. The molecular weight excluding hydrogens is 248 g/mol. The summed E-state index contributed by atoms with van der Waals surface area (Å²) in [6.45, 7) is 4.93. The predicted octanol–water partition coefficient (Wildman–Crippen LogP) is 3.24. The lowest BCUT2D eigenvalue weighted by Gasteiger charge is -2.27. The Morgan fingerprint density at radius 2 is 2.20 bits per heavy atom. The molecule has 1 aromatic carbocycles. The second kappa shape index (κ2) is 5.63. The molecule has 0 unspecified atom stereocenters. The van der Waals surface area contributed by atoms with Crippen LogP contribution in [0.1, 0.15) is 25.3 Å². The van der Waals surface area contributed by atoms with E-state index < -0.39 is 0 Å². The molecule has 3 rings (SSSR count). The molecular formula is C17H20N2O. The average molecular weight is 268 g/mol. The van der Waals surface area contributed by atoms with Crippen molar-refractivity contribution in [3.63, 3.8) is 0 Å². The molecule has 104 valence electrons. The number of Topliss-reactive ketones (excluding diaryl/α,β-unsaturated/α-hetero) is 1. The Balaban J connectivity index is 1.91. The summed E-state index contributed by atoms with van der Waals surface area (Å²) in [6.07, 6.45) is 5.83. The highest BCUT2D eigenvalue weighted by Gasteiger charge is 2.20. The monoisotopic (exact) mass is 268 g/mol. The molecule has 0 amide bonds. The Hall–Kier alpha value is -1.87. The smallest absolute Gasteiger partial charge is 0.161 e. The first-order valence-corrected chi connectivity index (χ1v) is 7.30. The Kier molecular flexibility index (Phi) is 3.70. The number of likely N-dealkylation sites (tertiary alicyclic amines) is 1. The van der Waals surface area contributed by atoms with Crippen molar-refractivity contribution in [2.24, 2.45) is 0 Å². The number of carbonyl (C=O) groups excluding carboxylic acids is 1. The van der Waals surface area contributed by atoms with Crippen LogP contribution in [0.15, 0.2) is 36.0 Å². The highest BCUT2D eigenvalue weighted by molar-refractivity contribution is 6.03. The zero-order valence-electron chi connectivity index (χ0n) is 11.9. The highest BCUT2D eigenvalue weighted by Crippen LogP contribution is 2.22. The number of nitrogens with zero attached hydrogens (tertiary/aromatic N) is 1. The van der Waals surface area contributed by atoms with E-state index in [1.54, 1.807) is 0 Å². The van der Waals surface area contributed by atoms with Crippen LogP contribution >= 0.6 is 0 Å². The fourth-order valence-corrected chi connectivity index (χ4v) is 2.86. The minimum atomic E-state index is 0.294. The average Bonchev–Trinajstić information content (AvgIpc) is 2.86. The first kappa shape index (κ1) is 13.1. The first-order valence-electron chi connectivity index (χ1n) is 7.30. The van der Waals surface area contributed by atoms with E-state index in [2.05, 4.69) is 35.0 Å². The van der Waals surface area contributed by atoms with Gasteiger partial charge in [-0.05, 0) is 25.1 Å². The zero-order valence-corrected chi connectivity index (χ0v) is 11.9. The maximum atomic E-state index is 12.1. The summed E-state index contributed by atoms with van der Waals surface area (Å²) in [5, 5.41) is 1.18. The molecule has 0 bridgehead atoms. The molecule has 0 atom stereocenters. The van der Waals surface area contributed by atoms with Gasteiger partial charge in [-0.1, -0.05) is 25.1 Å². The molecule has 3 heteroatoms. The highest BCUT2D eigenvalue weighted by atomic mass is 16.1. The largest absolute Gasteiger partial charge is 0.361 e. The zero-order chi connectivity index (χ0) is 13.9. The van der Waals surface area contributed by atoms with Crippen LogP contribution in [-0.4, -0.2) is 35.3 Å². The molecule has 1 saturated heterocycles. The molecule has 0 radical (unpaired) electrons. The van der Waals surface area contributed by atoms with Gasteiger partial charge >= 0.3 is 0 Å². The van der Waals surface area contributed by atoms with Gasteiger partial charge in [-0.2, -0.15) is 0 Å². The molecule has 1 fully saturated rings. The lowest BCUT2D eigenvalue weighted by molar-refractivity contribution is -0.117. The van der Waals surface area contributed by atoms with E-state index in [4.69, 9.17) is 0 Å². The number of ketones is 1. The third-order valence-electron chi connectivity index (χ3n) is 3.90. The van der Waals surface area contributed by atoms with E-state index in [-0.39, 0.29) is 0 Å². The minimum absolute atomic E-state index is 0.294. The lowest BCUT2D eigenvalue weighted by Crippen LogP contribution is -2.36. The van der Waals surface area contributed by atoms with E-state index in [9.17, 15) is 4.79 Å². The van der Waals surface area contributed by atoms with Crippen molar-refractivity contribution in [1.82, 2.24) is 9.88 Å². The molecule has 3 nitrogen and oxygen atoms in total. The number of para-hydroxylation sites is 1. The molecule has 2 aromatic rings. The number of fused-ring (bicyclic) bond motifs is 1. The van der Waals surface area contributed by atoms with Crippen molar-refractivity contribution < 1.29 is 4.79 Å². The summed E-state index contributed by atoms with van der Waals surface area (Å²) in [6, 6.07) is 8.20. The van der Waals surface area contributed by atoms with Crippen LogP contribution in [0.5, 0.6) is 0 Å². The van der Waals surface area contributed by atoms with Crippen LogP contribution < -0.4 is 0 Å². The molecule has 1 N–H and O–H groups in total. The molecule has 0 aliphatic carbocycles. The molecule has 2 heterocycles. The molecule has 1 aromatic heterocycles. The molecule has 0 spiro atoms. The summed E-state index contributed by atoms with van der Waals surface area (Å²) < 4.78 is 0. The fraction of sp³-hybridized carbons (Fsp3) is 0.353. The van der Waals surface area contributed by atoms with Gasteiger partial charge in [0.2, 0.25) is 0 Å². The Bertz CT molecular complexity index is 654. The summed E-state index contributed by atoms with van der Waals surface area (Å²) in [4.78, 5) is 17.7. The fourth-order valence-electron chi connectivity index (χ4n) is 2.86. The number of nitrogens with one attached hydrogen (secondary N) is 1. The van der Waals surface area contributed by atoms with Gasteiger partial charge in [0, 0.05) is 47.7 Å². The summed E-state index contributed by atoms with van der Waals surface area (Å²) in [7, 11) is 0. The van der Waals surface area contributed by atoms with Gasteiger partial charge in [0.1, 0.15) is 0 Å². The second-order valence-electron chi connectivity index (χ2n) is 5.41. The van der Waals surface area contributed by atoms with Gasteiger partial charge in [0.25, 0.3) is 0 Å². The normalized spacial score (nSPS) is 19.1. The quantitative estimate of drug-likeness (QED) is 0.868. The number of rotatable bonds is 3. The van der Waals surface area contributed by atoms with Gasteiger partial charge in [0.05, 0.1) is 0 Å². The van der Waals surface area contributed by atoms with Crippen molar-refractivity contribution >= 4 is 22.8 Å². The van der Waals surface area contributed by atoms with Crippen LogP contribution in [0.25, 0.3) is 17.0 Å². The Morgan fingerprint density at radius 3 is 3.05 bits per heavy atom. The van der Waals surface area contributed by atoms with Gasteiger partial charge in [0.15, 0.2) is 5.78 Å². The number of benzene rings is 1. The van der Waals surface area contributed by atoms with E-state index in [0.717, 1.165) is 42.7 Å². The van der Waals surface area contributed by atoms with Crippen LogP contribution in [-0.2, 0) is 4.79 Å². The lowest BCUT2D eigenvalue weighted by atomic mass is 10.00. The predicted molar refractivity (Wildman–Crippen MR) is 82.6 cm³/mol.